The number of carbonyl (C=O) groups excluding carboxylic acids is 1. The van der Waals surface area contributed by atoms with Crippen LogP contribution in [-0.4, -0.2) is 24.6 Å². The molecule has 2 aromatic carbocycles. The molecule has 0 aliphatic rings. The molecule has 0 spiro atoms. The zero-order chi connectivity index (χ0) is 16.8. The Morgan fingerprint density at radius 2 is 2.00 bits per heavy atom. The molecule has 1 unspecified atom stereocenters. The van der Waals surface area contributed by atoms with E-state index in [2.05, 4.69) is 10.2 Å². The summed E-state index contributed by atoms with van der Waals surface area (Å²) >= 11 is 0. The molecule has 0 aliphatic heterocycles. The number of anilines is 2. The first-order valence-corrected chi connectivity index (χ1v) is 7.54. The Labute approximate surface area is 135 Å². The van der Waals surface area contributed by atoms with Crippen LogP contribution < -0.4 is 10.2 Å². The van der Waals surface area contributed by atoms with Crippen molar-refractivity contribution in [1.29, 1.82) is 0 Å². The van der Waals surface area contributed by atoms with Gasteiger partial charge in [0.2, 0.25) is 5.91 Å². The molecule has 1 atom stereocenters. The lowest BCUT2D eigenvalue weighted by Crippen LogP contribution is -2.18. The van der Waals surface area contributed by atoms with Crippen molar-refractivity contribution in [3.63, 3.8) is 0 Å². The standard InChI is InChI=1S/C18H21FN2O2/c1-3-21(2)16-9-5-8-15(11-16)20-18(23)12-17(22)13-6-4-7-14(19)10-13/h4-11,17,22H,3,12H2,1-2H3,(H,20,23). The summed E-state index contributed by atoms with van der Waals surface area (Å²) in [5.41, 5.74) is 2.05. The van der Waals surface area contributed by atoms with Crippen LogP contribution in [0.1, 0.15) is 25.0 Å². The second-order valence-corrected chi connectivity index (χ2v) is 5.39. The van der Waals surface area contributed by atoms with E-state index in [4.69, 9.17) is 0 Å². The van der Waals surface area contributed by atoms with E-state index in [0.717, 1.165) is 12.2 Å². The van der Waals surface area contributed by atoms with Gasteiger partial charge in [0.25, 0.3) is 0 Å². The number of halogens is 1. The fourth-order valence-corrected chi connectivity index (χ4v) is 2.22. The molecule has 0 saturated heterocycles. The van der Waals surface area contributed by atoms with Gasteiger partial charge in [-0.2, -0.15) is 0 Å². The third-order valence-corrected chi connectivity index (χ3v) is 3.66. The predicted molar refractivity (Wildman–Crippen MR) is 90.0 cm³/mol. The van der Waals surface area contributed by atoms with Gasteiger partial charge in [0.15, 0.2) is 0 Å². The minimum Gasteiger partial charge on any atom is -0.388 e. The second-order valence-electron chi connectivity index (χ2n) is 5.39. The summed E-state index contributed by atoms with van der Waals surface area (Å²) in [7, 11) is 1.97. The van der Waals surface area contributed by atoms with Crippen LogP contribution in [0.3, 0.4) is 0 Å². The summed E-state index contributed by atoms with van der Waals surface area (Å²) in [5, 5.41) is 12.8. The Hall–Kier alpha value is -2.40. The molecule has 1 amide bonds. The van der Waals surface area contributed by atoms with Gasteiger partial charge in [0, 0.05) is 25.0 Å². The van der Waals surface area contributed by atoms with Gasteiger partial charge in [-0.15, -0.1) is 0 Å². The van der Waals surface area contributed by atoms with Crippen molar-refractivity contribution in [3.8, 4) is 0 Å². The Balaban J connectivity index is 1.99. The van der Waals surface area contributed by atoms with Crippen molar-refractivity contribution < 1.29 is 14.3 Å². The number of amides is 1. The van der Waals surface area contributed by atoms with Crippen molar-refractivity contribution in [1.82, 2.24) is 0 Å². The van der Waals surface area contributed by atoms with Crippen LogP contribution in [-0.2, 0) is 4.79 Å². The first-order chi connectivity index (χ1) is 11.0. The van der Waals surface area contributed by atoms with E-state index < -0.39 is 11.9 Å². The maximum Gasteiger partial charge on any atom is 0.227 e. The largest absolute Gasteiger partial charge is 0.388 e. The number of nitrogens with one attached hydrogen (secondary N) is 1. The predicted octanol–water partition coefficient (Wildman–Crippen LogP) is 3.34. The number of hydrogen-bond donors (Lipinski definition) is 2. The topological polar surface area (TPSA) is 52.6 Å². The lowest BCUT2D eigenvalue weighted by Gasteiger charge is -2.18. The lowest BCUT2D eigenvalue weighted by atomic mass is 10.1. The molecule has 0 bridgehead atoms. The van der Waals surface area contributed by atoms with Gasteiger partial charge in [0.05, 0.1) is 12.5 Å². The summed E-state index contributed by atoms with van der Waals surface area (Å²) in [6.45, 7) is 2.90. The van der Waals surface area contributed by atoms with E-state index in [-0.39, 0.29) is 12.3 Å². The molecule has 0 heterocycles. The summed E-state index contributed by atoms with van der Waals surface area (Å²) < 4.78 is 13.1. The summed E-state index contributed by atoms with van der Waals surface area (Å²) in [5.74, 6) is -0.754. The third-order valence-electron chi connectivity index (χ3n) is 3.66. The Morgan fingerprint density at radius 3 is 2.70 bits per heavy atom. The molecule has 0 fully saturated rings. The molecule has 0 saturated carbocycles. The smallest absolute Gasteiger partial charge is 0.227 e. The van der Waals surface area contributed by atoms with Crippen LogP contribution in [0, 0.1) is 5.82 Å². The molecule has 0 aromatic heterocycles. The molecule has 0 radical (unpaired) electrons. The van der Waals surface area contributed by atoms with E-state index in [1.54, 1.807) is 12.1 Å². The fourth-order valence-electron chi connectivity index (χ4n) is 2.22. The second kappa shape index (κ2) is 7.74. The molecule has 2 aromatic rings. The number of nitrogens with zero attached hydrogens (tertiary/aromatic N) is 1. The highest BCUT2D eigenvalue weighted by Gasteiger charge is 2.14. The fraction of sp³-hybridized carbons (Fsp3) is 0.278. The minimum atomic E-state index is -1.04. The van der Waals surface area contributed by atoms with Gasteiger partial charge in [0.1, 0.15) is 5.82 Å². The van der Waals surface area contributed by atoms with E-state index in [0.29, 0.717) is 11.3 Å². The van der Waals surface area contributed by atoms with Gasteiger partial charge < -0.3 is 15.3 Å². The number of rotatable bonds is 6. The van der Waals surface area contributed by atoms with Crippen molar-refractivity contribution in [3.05, 3.63) is 59.9 Å². The molecular weight excluding hydrogens is 295 g/mol. The van der Waals surface area contributed by atoms with Crippen LogP contribution in [0.4, 0.5) is 15.8 Å². The highest BCUT2D eigenvalue weighted by Crippen LogP contribution is 2.21. The van der Waals surface area contributed by atoms with E-state index >= 15 is 0 Å². The van der Waals surface area contributed by atoms with Gasteiger partial charge in [-0.3, -0.25) is 4.79 Å². The highest BCUT2D eigenvalue weighted by atomic mass is 19.1. The number of aliphatic hydroxyl groups excluding tert-OH is 1. The first-order valence-electron chi connectivity index (χ1n) is 7.54. The zero-order valence-corrected chi connectivity index (χ0v) is 13.3. The number of hydrogen-bond acceptors (Lipinski definition) is 3. The van der Waals surface area contributed by atoms with Crippen LogP contribution in [0.25, 0.3) is 0 Å². The molecule has 23 heavy (non-hydrogen) atoms. The van der Waals surface area contributed by atoms with Gasteiger partial charge in [-0.25, -0.2) is 4.39 Å². The van der Waals surface area contributed by atoms with E-state index in [1.165, 1.54) is 18.2 Å². The minimum absolute atomic E-state index is 0.128. The zero-order valence-electron chi connectivity index (χ0n) is 13.3. The normalized spacial score (nSPS) is 11.8. The number of aliphatic hydroxyl groups is 1. The van der Waals surface area contributed by atoms with Crippen molar-refractivity contribution in [2.24, 2.45) is 0 Å². The maximum absolute atomic E-state index is 13.1. The Bertz CT molecular complexity index is 676. The third kappa shape index (κ3) is 4.79. The van der Waals surface area contributed by atoms with Gasteiger partial charge in [-0.1, -0.05) is 18.2 Å². The Morgan fingerprint density at radius 1 is 1.26 bits per heavy atom. The molecule has 2 rings (SSSR count). The Kier molecular flexibility index (Phi) is 5.71. The average Bonchev–Trinajstić information content (AvgIpc) is 2.54. The van der Waals surface area contributed by atoms with E-state index in [9.17, 15) is 14.3 Å². The summed E-state index contributed by atoms with van der Waals surface area (Å²) in [6.07, 6.45) is -1.16. The number of benzene rings is 2. The summed E-state index contributed by atoms with van der Waals surface area (Å²) in [4.78, 5) is 14.1. The van der Waals surface area contributed by atoms with Crippen molar-refractivity contribution in [2.75, 3.05) is 23.8 Å². The average molecular weight is 316 g/mol. The van der Waals surface area contributed by atoms with Crippen LogP contribution in [0.2, 0.25) is 0 Å². The molecular formula is C18H21FN2O2. The van der Waals surface area contributed by atoms with Crippen LogP contribution in [0.5, 0.6) is 0 Å². The first kappa shape index (κ1) is 17.0. The SMILES string of the molecule is CCN(C)c1cccc(NC(=O)CC(O)c2cccc(F)c2)c1. The maximum atomic E-state index is 13.1. The van der Waals surface area contributed by atoms with E-state index in [1.807, 2.05) is 32.2 Å². The van der Waals surface area contributed by atoms with Crippen LogP contribution in [0.15, 0.2) is 48.5 Å². The number of carbonyl (C=O) groups is 1. The molecule has 4 nitrogen and oxygen atoms in total. The monoisotopic (exact) mass is 316 g/mol. The van der Waals surface area contributed by atoms with Crippen molar-refractivity contribution >= 4 is 17.3 Å². The van der Waals surface area contributed by atoms with Gasteiger partial charge in [-0.05, 0) is 42.8 Å². The summed E-state index contributed by atoms with van der Waals surface area (Å²) in [6, 6.07) is 13.1. The molecule has 5 heteroatoms. The molecule has 0 aliphatic carbocycles. The lowest BCUT2D eigenvalue weighted by molar-refractivity contribution is -0.118. The van der Waals surface area contributed by atoms with Gasteiger partial charge >= 0.3 is 0 Å². The van der Waals surface area contributed by atoms with Crippen molar-refractivity contribution in [2.45, 2.75) is 19.4 Å². The molecule has 2 N–H and O–H groups in total. The molecule has 122 valence electrons. The quantitative estimate of drug-likeness (QED) is 0.859. The highest BCUT2D eigenvalue weighted by molar-refractivity contribution is 5.91. The van der Waals surface area contributed by atoms with Crippen LogP contribution >= 0.6 is 0 Å².